The van der Waals surface area contributed by atoms with E-state index in [1.54, 1.807) is 0 Å². The van der Waals surface area contributed by atoms with E-state index >= 15 is 0 Å². The van der Waals surface area contributed by atoms with Crippen LogP contribution in [0.5, 0.6) is 0 Å². The fourth-order valence-electron chi connectivity index (χ4n) is 2.57. The number of fused-ring (bicyclic) bond motifs is 2. The van der Waals surface area contributed by atoms with Crippen LogP contribution in [0, 0.1) is 5.92 Å². The lowest BCUT2D eigenvalue weighted by Crippen LogP contribution is -2.19. The fourth-order valence-corrected chi connectivity index (χ4v) is 2.68. The molecule has 2 atom stereocenters. The van der Waals surface area contributed by atoms with Crippen LogP contribution in [-0.2, 0) is 0 Å². The third-order valence-electron chi connectivity index (χ3n) is 3.34. The maximum absolute atomic E-state index is 5.79. The highest BCUT2D eigenvalue weighted by atomic mass is 35.5. The van der Waals surface area contributed by atoms with E-state index in [0.717, 1.165) is 13.0 Å². The summed E-state index contributed by atoms with van der Waals surface area (Å²) < 4.78 is 0. The zero-order chi connectivity index (χ0) is 10.3. The van der Waals surface area contributed by atoms with E-state index in [-0.39, 0.29) is 0 Å². The predicted octanol–water partition coefficient (Wildman–Crippen LogP) is 2.50. The van der Waals surface area contributed by atoms with Crippen LogP contribution in [-0.4, -0.2) is 17.6 Å². The van der Waals surface area contributed by atoms with Crippen LogP contribution in [0.15, 0.2) is 24.4 Å². The summed E-state index contributed by atoms with van der Waals surface area (Å²) in [5.74, 6) is 0.673. The Bertz CT molecular complexity index is 397. The highest BCUT2D eigenvalue weighted by molar-refractivity contribution is 6.29. The smallest absolute Gasteiger partial charge is 0.129 e. The second-order valence-electron chi connectivity index (χ2n) is 4.30. The molecule has 0 amide bonds. The Labute approximate surface area is 94.4 Å². The lowest BCUT2D eigenvalue weighted by Gasteiger charge is -2.19. The number of nitrogens with one attached hydrogen (secondary N) is 1. The van der Waals surface area contributed by atoms with Gasteiger partial charge in [-0.1, -0.05) is 23.7 Å². The molecule has 1 saturated heterocycles. The maximum Gasteiger partial charge on any atom is 0.129 e. The first-order valence-electron chi connectivity index (χ1n) is 5.38. The van der Waals surface area contributed by atoms with Crippen LogP contribution < -0.4 is 5.32 Å². The number of hydrogen-bond donors (Lipinski definition) is 1. The van der Waals surface area contributed by atoms with Crippen molar-refractivity contribution in [2.45, 2.75) is 18.9 Å². The summed E-state index contributed by atoms with van der Waals surface area (Å²) in [6.07, 6.45) is 6.65. The molecule has 2 nitrogen and oxygen atoms in total. The minimum Gasteiger partial charge on any atom is -0.313 e. The van der Waals surface area contributed by atoms with Gasteiger partial charge in [-0.05, 0) is 36.0 Å². The molecule has 2 bridgehead atoms. The quantitative estimate of drug-likeness (QED) is 0.736. The number of hydrogen-bond acceptors (Lipinski definition) is 2. The van der Waals surface area contributed by atoms with E-state index in [4.69, 9.17) is 11.6 Å². The van der Waals surface area contributed by atoms with Gasteiger partial charge in [0.2, 0.25) is 0 Å². The molecule has 0 radical (unpaired) electrons. The van der Waals surface area contributed by atoms with Crippen LogP contribution in [0.4, 0.5) is 0 Å². The largest absolute Gasteiger partial charge is 0.313 e. The van der Waals surface area contributed by atoms with Gasteiger partial charge in [-0.2, -0.15) is 0 Å². The Morgan fingerprint density at radius 1 is 1.40 bits per heavy atom. The third kappa shape index (κ3) is 1.68. The van der Waals surface area contributed by atoms with E-state index in [1.807, 2.05) is 12.3 Å². The molecule has 1 aromatic rings. The van der Waals surface area contributed by atoms with E-state index in [1.165, 1.54) is 17.6 Å². The van der Waals surface area contributed by atoms with E-state index < -0.39 is 0 Å². The Morgan fingerprint density at radius 2 is 2.33 bits per heavy atom. The second kappa shape index (κ2) is 3.62. The summed E-state index contributed by atoms with van der Waals surface area (Å²) in [5.41, 5.74) is 2.67. The zero-order valence-electron chi connectivity index (χ0n) is 8.41. The molecular weight excluding hydrogens is 208 g/mol. The van der Waals surface area contributed by atoms with Gasteiger partial charge in [0.1, 0.15) is 5.15 Å². The second-order valence-corrected chi connectivity index (χ2v) is 4.69. The van der Waals surface area contributed by atoms with Crippen molar-refractivity contribution in [2.24, 2.45) is 5.92 Å². The molecule has 1 aromatic heterocycles. The van der Waals surface area contributed by atoms with Gasteiger partial charge in [-0.15, -0.1) is 0 Å². The van der Waals surface area contributed by atoms with Crippen LogP contribution in [0.1, 0.15) is 18.4 Å². The molecule has 2 aliphatic rings. The van der Waals surface area contributed by atoms with Gasteiger partial charge < -0.3 is 5.32 Å². The molecule has 1 aliphatic heterocycles. The Morgan fingerprint density at radius 3 is 3.13 bits per heavy atom. The van der Waals surface area contributed by atoms with Crippen molar-refractivity contribution >= 4 is 17.2 Å². The molecule has 1 aliphatic carbocycles. The lowest BCUT2D eigenvalue weighted by atomic mass is 9.85. The molecule has 0 aromatic carbocycles. The summed E-state index contributed by atoms with van der Waals surface area (Å²) in [5, 5.41) is 4.10. The minimum absolute atomic E-state index is 0.567. The van der Waals surface area contributed by atoms with Crippen molar-refractivity contribution < 1.29 is 0 Å². The highest BCUT2D eigenvalue weighted by Gasteiger charge is 2.30. The van der Waals surface area contributed by atoms with E-state index in [0.29, 0.717) is 17.1 Å². The SMILES string of the molecule is Clc1ccc(C2=CCC3CC2CN3)cn1. The molecule has 2 heterocycles. The zero-order valence-corrected chi connectivity index (χ0v) is 9.17. The summed E-state index contributed by atoms with van der Waals surface area (Å²) in [4.78, 5) is 4.14. The number of halogens is 1. The molecule has 78 valence electrons. The van der Waals surface area contributed by atoms with Crippen LogP contribution >= 0.6 is 11.6 Å². The Kier molecular flexibility index (Phi) is 2.26. The lowest BCUT2D eigenvalue weighted by molar-refractivity contribution is 0.593. The van der Waals surface area contributed by atoms with Crippen LogP contribution in [0.3, 0.4) is 0 Å². The highest BCUT2D eigenvalue weighted by Crippen LogP contribution is 2.35. The van der Waals surface area contributed by atoms with Crippen molar-refractivity contribution in [1.29, 1.82) is 0 Å². The number of rotatable bonds is 1. The molecule has 3 heteroatoms. The van der Waals surface area contributed by atoms with Gasteiger partial charge >= 0.3 is 0 Å². The molecular formula is C12H13ClN2. The van der Waals surface area contributed by atoms with Gasteiger partial charge in [0.25, 0.3) is 0 Å². The molecule has 0 spiro atoms. The first-order valence-corrected chi connectivity index (χ1v) is 5.76. The molecule has 3 rings (SSSR count). The summed E-state index contributed by atoms with van der Waals surface area (Å²) in [7, 11) is 0. The minimum atomic E-state index is 0.567. The van der Waals surface area contributed by atoms with E-state index in [9.17, 15) is 0 Å². The molecule has 1 fully saturated rings. The van der Waals surface area contributed by atoms with E-state index in [2.05, 4.69) is 22.4 Å². The first kappa shape index (κ1) is 9.37. The molecule has 15 heavy (non-hydrogen) atoms. The molecule has 1 N–H and O–H groups in total. The van der Waals surface area contributed by atoms with Crippen LogP contribution in [0.25, 0.3) is 5.57 Å². The van der Waals surface area contributed by atoms with Gasteiger partial charge in [0.05, 0.1) is 0 Å². The molecule has 0 saturated carbocycles. The maximum atomic E-state index is 5.79. The van der Waals surface area contributed by atoms with Crippen LogP contribution in [0.2, 0.25) is 5.15 Å². The first-order chi connectivity index (χ1) is 7.33. The normalized spacial score (nSPS) is 29.0. The van der Waals surface area contributed by atoms with Crippen molar-refractivity contribution in [1.82, 2.24) is 10.3 Å². The van der Waals surface area contributed by atoms with Crippen molar-refractivity contribution in [3.63, 3.8) is 0 Å². The summed E-state index contributed by atoms with van der Waals surface area (Å²) >= 11 is 5.79. The average Bonchev–Trinajstić information content (AvgIpc) is 2.63. The summed E-state index contributed by atoms with van der Waals surface area (Å²) in [6.45, 7) is 1.11. The fraction of sp³-hybridized carbons (Fsp3) is 0.417. The predicted molar refractivity (Wildman–Crippen MR) is 61.7 cm³/mol. The Hall–Kier alpha value is -0.860. The van der Waals surface area contributed by atoms with Gasteiger partial charge in [-0.3, -0.25) is 0 Å². The number of aromatic nitrogens is 1. The third-order valence-corrected chi connectivity index (χ3v) is 3.57. The van der Waals surface area contributed by atoms with Gasteiger partial charge in [-0.25, -0.2) is 4.98 Å². The number of pyridine rings is 1. The summed E-state index contributed by atoms with van der Waals surface area (Å²) in [6, 6.07) is 4.64. The van der Waals surface area contributed by atoms with Crippen molar-refractivity contribution in [3.8, 4) is 0 Å². The average molecular weight is 221 g/mol. The Balaban J connectivity index is 1.93. The standard InChI is InChI=1S/C12H13ClN2/c13-12-4-1-8(6-15-12)11-3-2-10-5-9(11)7-14-10/h1,3-4,6,9-10,14H,2,5,7H2. The van der Waals surface area contributed by atoms with Gasteiger partial charge in [0.15, 0.2) is 0 Å². The van der Waals surface area contributed by atoms with Crippen molar-refractivity contribution in [3.05, 3.63) is 35.1 Å². The van der Waals surface area contributed by atoms with Gasteiger partial charge in [0, 0.05) is 18.8 Å². The topological polar surface area (TPSA) is 24.9 Å². The molecule has 2 unspecified atom stereocenters. The monoisotopic (exact) mass is 220 g/mol. The van der Waals surface area contributed by atoms with Crippen molar-refractivity contribution in [2.75, 3.05) is 6.54 Å². The number of nitrogens with zero attached hydrogens (tertiary/aromatic N) is 1.